The fourth-order valence-corrected chi connectivity index (χ4v) is 2.88. The van der Waals surface area contributed by atoms with E-state index < -0.39 is 0 Å². The van der Waals surface area contributed by atoms with Crippen molar-refractivity contribution in [2.45, 2.75) is 26.4 Å². The van der Waals surface area contributed by atoms with Crippen LogP contribution < -0.4 is 14.8 Å². The van der Waals surface area contributed by atoms with Crippen LogP contribution in [0.5, 0.6) is 11.5 Å². The number of nitrogens with one attached hydrogen (secondary N) is 1. The van der Waals surface area contributed by atoms with Crippen LogP contribution >= 0.6 is 11.8 Å². The number of ether oxygens (including phenoxy) is 2. The van der Waals surface area contributed by atoms with Gasteiger partial charge in [0.2, 0.25) is 5.91 Å². The van der Waals surface area contributed by atoms with Crippen molar-refractivity contribution in [1.82, 2.24) is 10.2 Å². The number of amides is 1. The Kier molecular flexibility index (Phi) is 8.87. The van der Waals surface area contributed by atoms with E-state index in [0.717, 1.165) is 17.1 Å². The minimum Gasteiger partial charge on any atom is -0.493 e. The van der Waals surface area contributed by atoms with Crippen LogP contribution in [-0.4, -0.2) is 56.2 Å². The molecule has 0 aliphatic heterocycles. The smallest absolute Gasteiger partial charge is 0.234 e. The molecule has 0 spiro atoms. The van der Waals surface area contributed by atoms with Crippen LogP contribution in [0.4, 0.5) is 0 Å². The number of rotatable bonds is 10. The van der Waals surface area contributed by atoms with Crippen LogP contribution in [0.25, 0.3) is 0 Å². The lowest BCUT2D eigenvalue weighted by Crippen LogP contribution is -2.40. The van der Waals surface area contributed by atoms with Crippen LogP contribution in [0.3, 0.4) is 0 Å². The fourth-order valence-electron chi connectivity index (χ4n) is 2.05. The molecule has 0 radical (unpaired) electrons. The first-order valence-corrected chi connectivity index (χ1v) is 8.92. The second-order valence-electron chi connectivity index (χ2n) is 5.39. The molecule has 0 saturated carbocycles. The molecule has 1 rings (SSSR count). The van der Waals surface area contributed by atoms with Gasteiger partial charge in [0.05, 0.1) is 20.8 Å². The zero-order valence-corrected chi connectivity index (χ0v) is 15.5. The van der Waals surface area contributed by atoms with Gasteiger partial charge in [-0.3, -0.25) is 9.69 Å². The highest BCUT2D eigenvalue weighted by Crippen LogP contribution is 2.27. The Hall–Kier alpha value is -1.40. The second kappa shape index (κ2) is 10.4. The van der Waals surface area contributed by atoms with Gasteiger partial charge in [0.1, 0.15) is 0 Å². The molecule has 0 fully saturated rings. The van der Waals surface area contributed by atoms with E-state index in [0.29, 0.717) is 30.6 Å². The number of methoxy groups -OCH3 is 2. The molecule has 1 amide bonds. The average Bonchev–Trinajstić information content (AvgIpc) is 2.57. The Morgan fingerprint density at radius 1 is 1.30 bits per heavy atom. The summed E-state index contributed by atoms with van der Waals surface area (Å²) in [5.41, 5.74) is 0.980. The van der Waals surface area contributed by atoms with E-state index in [1.54, 1.807) is 14.2 Å². The molecule has 1 N–H and O–H groups in total. The minimum atomic E-state index is 0.0237. The van der Waals surface area contributed by atoms with Gasteiger partial charge in [-0.05, 0) is 37.4 Å². The number of hydrogen-bond acceptors (Lipinski definition) is 5. The van der Waals surface area contributed by atoms with E-state index in [4.69, 9.17) is 9.47 Å². The number of carbonyl (C=O) groups excluding carboxylic acids is 1. The number of nitrogens with zero attached hydrogens (tertiary/aromatic N) is 1. The maximum absolute atomic E-state index is 12.1. The molecule has 0 aliphatic rings. The Bertz CT molecular complexity index is 497. The van der Waals surface area contributed by atoms with Gasteiger partial charge in [-0.25, -0.2) is 0 Å². The van der Waals surface area contributed by atoms with Gasteiger partial charge >= 0.3 is 0 Å². The van der Waals surface area contributed by atoms with Crippen molar-refractivity contribution >= 4 is 17.7 Å². The van der Waals surface area contributed by atoms with Gasteiger partial charge in [0, 0.05) is 18.3 Å². The number of hydrogen-bond donors (Lipinski definition) is 1. The Balaban J connectivity index is 2.46. The molecule has 0 bridgehead atoms. The normalized spacial score (nSPS) is 12.1. The molecule has 0 aromatic heterocycles. The van der Waals surface area contributed by atoms with E-state index >= 15 is 0 Å². The van der Waals surface area contributed by atoms with E-state index in [9.17, 15) is 4.79 Å². The molecule has 23 heavy (non-hydrogen) atoms. The van der Waals surface area contributed by atoms with E-state index in [1.165, 1.54) is 0 Å². The zero-order valence-electron chi connectivity index (χ0n) is 14.7. The topological polar surface area (TPSA) is 50.8 Å². The van der Waals surface area contributed by atoms with Crippen LogP contribution in [-0.2, 0) is 11.3 Å². The molecule has 1 aromatic rings. The average molecular weight is 340 g/mol. The van der Waals surface area contributed by atoms with Gasteiger partial charge in [-0.15, -0.1) is 0 Å². The Morgan fingerprint density at radius 2 is 2.00 bits per heavy atom. The minimum absolute atomic E-state index is 0.0237. The third-order valence-electron chi connectivity index (χ3n) is 3.65. The van der Waals surface area contributed by atoms with Crippen molar-refractivity contribution in [1.29, 1.82) is 0 Å². The highest BCUT2D eigenvalue weighted by molar-refractivity contribution is 7.99. The third-order valence-corrected chi connectivity index (χ3v) is 4.77. The number of thioether (sulfide) groups is 1. The lowest BCUT2D eigenvalue weighted by molar-refractivity contribution is -0.122. The highest BCUT2D eigenvalue weighted by atomic mass is 32.2. The van der Waals surface area contributed by atoms with Crippen molar-refractivity contribution in [2.75, 3.05) is 39.3 Å². The molecule has 130 valence electrons. The van der Waals surface area contributed by atoms with E-state index in [2.05, 4.69) is 24.1 Å². The maximum Gasteiger partial charge on any atom is 0.234 e. The first kappa shape index (κ1) is 19.6. The summed E-state index contributed by atoms with van der Waals surface area (Å²) in [4.78, 5) is 14.1. The van der Waals surface area contributed by atoms with Gasteiger partial charge in [-0.2, -0.15) is 11.8 Å². The zero-order chi connectivity index (χ0) is 17.2. The van der Waals surface area contributed by atoms with Gasteiger partial charge in [-0.1, -0.05) is 13.0 Å². The standard InChI is InChI=1S/C17H28N2O3S/c1-6-23-12-13(2)19(3)11-17(20)18-10-14-7-8-15(21-4)16(9-14)22-5/h7-9,13H,6,10-12H2,1-5H3,(H,18,20)/t13-/m1/s1. The molecule has 0 saturated heterocycles. The highest BCUT2D eigenvalue weighted by Gasteiger charge is 2.13. The number of likely N-dealkylation sites (N-methyl/N-ethyl adjacent to an activating group) is 1. The summed E-state index contributed by atoms with van der Waals surface area (Å²) in [5, 5.41) is 2.95. The molecule has 5 nitrogen and oxygen atoms in total. The summed E-state index contributed by atoms with van der Waals surface area (Å²) in [7, 11) is 5.19. The molecule has 1 atom stereocenters. The predicted molar refractivity (Wildman–Crippen MR) is 96.5 cm³/mol. The lowest BCUT2D eigenvalue weighted by atomic mass is 10.2. The monoisotopic (exact) mass is 340 g/mol. The summed E-state index contributed by atoms with van der Waals surface area (Å²) in [6, 6.07) is 6.03. The molecule has 1 aromatic carbocycles. The SMILES string of the molecule is CCSC[C@@H](C)N(C)CC(=O)NCc1ccc(OC)c(OC)c1. The first-order chi connectivity index (χ1) is 11.0. The van der Waals surface area contributed by atoms with Crippen molar-refractivity contribution in [3.05, 3.63) is 23.8 Å². The second-order valence-corrected chi connectivity index (χ2v) is 6.71. The maximum atomic E-state index is 12.1. The quantitative estimate of drug-likeness (QED) is 0.709. The Morgan fingerprint density at radius 3 is 2.61 bits per heavy atom. The van der Waals surface area contributed by atoms with Crippen LogP contribution in [0.15, 0.2) is 18.2 Å². The molecule has 0 heterocycles. The molecule has 0 unspecified atom stereocenters. The third kappa shape index (κ3) is 6.71. The van der Waals surface area contributed by atoms with Crippen molar-refractivity contribution in [3.8, 4) is 11.5 Å². The fraction of sp³-hybridized carbons (Fsp3) is 0.588. The molecular weight excluding hydrogens is 312 g/mol. The van der Waals surface area contributed by atoms with Gasteiger partial charge < -0.3 is 14.8 Å². The summed E-state index contributed by atoms with van der Waals surface area (Å²) in [6.07, 6.45) is 0. The van der Waals surface area contributed by atoms with Crippen molar-refractivity contribution in [2.24, 2.45) is 0 Å². The van der Waals surface area contributed by atoms with Crippen LogP contribution in [0.2, 0.25) is 0 Å². The van der Waals surface area contributed by atoms with E-state index in [1.807, 2.05) is 37.0 Å². The Labute approximate surface area is 143 Å². The van der Waals surface area contributed by atoms with Gasteiger partial charge in [0.25, 0.3) is 0 Å². The van der Waals surface area contributed by atoms with Crippen LogP contribution in [0, 0.1) is 0 Å². The van der Waals surface area contributed by atoms with Gasteiger partial charge in [0.15, 0.2) is 11.5 Å². The number of benzene rings is 1. The summed E-state index contributed by atoms with van der Waals surface area (Å²) < 4.78 is 10.5. The number of carbonyl (C=O) groups is 1. The summed E-state index contributed by atoms with van der Waals surface area (Å²) in [5.74, 6) is 3.52. The van der Waals surface area contributed by atoms with E-state index in [-0.39, 0.29) is 5.91 Å². The predicted octanol–water partition coefficient (Wildman–Crippen LogP) is 2.39. The summed E-state index contributed by atoms with van der Waals surface area (Å²) in [6.45, 7) is 5.17. The largest absolute Gasteiger partial charge is 0.493 e. The van der Waals surface area contributed by atoms with Crippen molar-refractivity contribution < 1.29 is 14.3 Å². The summed E-state index contributed by atoms with van der Waals surface area (Å²) >= 11 is 1.89. The molecular formula is C17H28N2O3S. The molecule has 0 aliphatic carbocycles. The molecule has 6 heteroatoms. The lowest BCUT2D eigenvalue weighted by Gasteiger charge is -2.23. The van der Waals surface area contributed by atoms with Crippen molar-refractivity contribution in [3.63, 3.8) is 0 Å². The first-order valence-electron chi connectivity index (χ1n) is 7.77. The van der Waals surface area contributed by atoms with Crippen LogP contribution in [0.1, 0.15) is 19.4 Å².